The number of nitrogens with two attached hydrogens (primary N) is 1. The Bertz CT molecular complexity index is 1400. The maximum atomic E-state index is 14.1. The number of carbonyl (C=O) groups is 3. The van der Waals surface area contributed by atoms with Crippen molar-refractivity contribution in [2.24, 2.45) is 23.5 Å². The number of aromatic hydroxyl groups is 1. The summed E-state index contributed by atoms with van der Waals surface area (Å²) in [6.07, 6.45) is 0.296. The number of primary amides is 1. The molecule has 42 heavy (non-hydrogen) atoms. The monoisotopic (exact) mass is 584 g/mol. The molecule has 5 atom stereocenters. The molecule has 0 bridgehead atoms. The highest BCUT2D eigenvalue weighted by molar-refractivity contribution is 6.24. The quantitative estimate of drug-likeness (QED) is 0.285. The lowest BCUT2D eigenvalue weighted by Gasteiger charge is -2.50. The molecule has 0 radical (unpaired) electrons. The molecular formula is C31H44N4O7. The summed E-state index contributed by atoms with van der Waals surface area (Å²) < 4.78 is 0. The van der Waals surface area contributed by atoms with Gasteiger partial charge < -0.3 is 31.1 Å². The zero-order chi connectivity index (χ0) is 31.6. The summed E-state index contributed by atoms with van der Waals surface area (Å²) in [4.78, 5) is 45.5. The largest absolute Gasteiger partial charge is 0.510 e. The number of hydrogen-bond donors (Lipinski definition) is 5. The minimum atomic E-state index is -2.65. The summed E-state index contributed by atoms with van der Waals surface area (Å²) in [6.45, 7) is 9.89. The number of phenols is 1. The Morgan fingerprint density at radius 2 is 1.74 bits per heavy atom. The highest BCUT2D eigenvalue weighted by Gasteiger charge is 2.63. The van der Waals surface area contributed by atoms with Gasteiger partial charge in [0.05, 0.1) is 11.6 Å². The summed E-state index contributed by atoms with van der Waals surface area (Å²) in [6, 6.07) is 0.823. The topological polar surface area (TPSA) is 168 Å². The van der Waals surface area contributed by atoms with Crippen molar-refractivity contribution in [2.45, 2.75) is 64.8 Å². The van der Waals surface area contributed by atoms with Crippen molar-refractivity contribution in [3.63, 3.8) is 0 Å². The Kier molecular flexibility index (Phi) is 8.27. The van der Waals surface area contributed by atoms with Crippen LogP contribution in [0.3, 0.4) is 0 Å². The van der Waals surface area contributed by atoms with Gasteiger partial charge in [0.1, 0.15) is 22.8 Å². The minimum absolute atomic E-state index is 0.0168. The van der Waals surface area contributed by atoms with Crippen LogP contribution < -0.4 is 10.6 Å². The molecule has 6 N–H and O–H groups in total. The molecule has 0 unspecified atom stereocenters. The van der Waals surface area contributed by atoms with Crippen LogP contribution >= 0.6 is 0 Å². The number of hydrogen-bond acceptors (Lipinski definition) is 10. The second-order valence-corrected chi connectivity index (χ2v) is 12.7. The molecule has 0 aliphatic heterocycles. The van der Waals surface area contributed by atoms with E-state index in [9.17, 15) is 34.8 Å². The highest BCUT2D eigenvalue weighted by atomic mass is 16.3. The Labute approximate surface area is 246 Å². The average molecular weight is 585 g/mol. The van der Waals surface area contributed by atoms with Crippen LogP contribution in [0.5, 0.6) is 5.75 Å². The van der Waals surface area contributed by atoms with E-state index in [0.717, 1.165) is 17.8 Å². The predicted molar refractivity (Wildman–Crippen MR) is 158 cm³/mol. The van der Waals surface area contributed by atoms with Gasteiger partial charge in [-0.2, -0.15) is 0 Å². The van der Waals surface area contributed by atoms with Crippen LogP contribution in [0.2, 0.25) is 0 Å². The lowest BCUT2D eigenvalue weighted by Crippen LogP contribution is -2.63. The van der Waals surface area contributed by atoms with E-state index >= 15 is 0 Å². The highest BCUT2D eigenvalue weighted by Crippen LogP contribution is 2.53. The van der Waals surface area contributed by atoms with Gasteiger partial charge >= 0.3 is 0 Å². The summed E-state index contributed by atoms with van der Waals surface area (Å²) in [5.74, 6) is -6.15. The number of phenolic OH excluding ortho intramolecular Hbond substituents is 1. The van der Waals surface area contributed by atoms with Gasteiger partial charge in [-0.3, -0.25) is 24.2 Å². The molecule has 3 aliphatic carbocycles. The normalized spacial score (nSPS) is 26.5. The number of benzene rings is 1. The lowest BCUT2D eigenvalue weighted by atomic mass is 9.58. The minimum Gasteiger partial charge on any atom is -0.510 e. The zero-order valence-electron chi connectivity index (χ0n) is 25.7. The van der Waals surface area contributed by atoms with E-state index < -0.39 is 58.0 Å². The second-order valence-electron chi connectivity index (χ2n) is 12.7. The van der Waals surface area contributed by atoms with E-state index in [2.05, 4.69) is 32.6 Å². The van der Waals surface area contributed by atoms with Crippen molar-refractivity contribution in [1.29, 1.82) is 0 Å². The third-order valence-electron chi connectivity index (χ3n) is 9.54. The zero-order valence-corrected chi connectivity index (χ0v) is 25.7. The van der Waals surface area contributed by atoms with E-state index in [1.54, 1.807) is 25.1 Å². The first kappa shape index (κ1) is 31.5. The molecule has 1 aromatic rings. The Morgan fingerprint density at radius 1 is 1.12 bits per heavy atom. The number of aliphatic hydroxyl groups is 3. The van der Waals surface area contributed by atoms with E-state index in [1.807, 2.05) is 19.0 Å². The second kappa shape index (κ2) is 11.0. The Hall–Kier alpha value is -3.41. The molecule has 11 heteroatoms. The lowest BCUT2D eigenvalue weighted by molar-refractivity contribution is -0.148. The summed E-state index contributed by atoms with van der Waals surface area (Å²) in [7, 11) is 6.97. The number of fused-ring (bicyclic) bond motifs is 3. The van der Waals surface area contributed by atoms with Gasteiger partial charge in [0.15, 0.2) is 11.4 Å². The van der Waals surface area contributed by atoms with Gasteiger partial charge in [-0.1, -0.05) is 20.8 Å². The van der Waals surface area contributed by atoms with E-state index in [0.29, 0.717) is 18.0 Å². The molecule has 0 heterocycles. The van der Waals surface area contributed by atoms with Gasteiger partial charge in [-0.15, -0.1) is 0 Å². The number of nitrogens with zero attached hydrogens (tertiary/aromatic N) is 3. The van der Waals surface area contributed by atoms with E-state index in [-0.39, 0.29) is 35.8 Å². The smallest absolute Gasteiger partial charge is 0.255 e. The molecule has 3 aliphatic rings. The standard InChI is InChI=1S/C31H44N4O7/c1-9-35(15(4)14(2)3)13-17-12-20(36)22-18(24(17)33(5)6)10-16-11-19-25(34(7)8)27(38)23(30(32)41)29(40)31(19,42)28(39)21(16)26(22)37/h12,14-16,19,25,36,38-39,42H,9-11,13H2,1-8H3,(H2,32,41)/t15-,16+,19+,25+,31+/m1/s1. The molecule has 0 saturated carbocycles. The number of ketones is 2. The fourth-order valence-electron chi connectivity index (χ4n) is 7.24. The third kappa shape index (κ3) is 4.58. The number of aliphatic hydroxyl groups excluding tert-OH is 2. The van der Waals surface area contributed by atoms with Crippen LogP contribution in [0.1, 0.15) is 55.6 Å². The molecular weight excluding hydrogens is 540 g/mol. The maximum Gasteiger partial charge on any atom is 0.255 e. The van der Waals surface area contributed by atoms with E-state index in [1.165, 1.54) is 0 Å². The van der Waals surface area contributed by atoms with Gasteiger partial charge in [-0.05, 0) is 69.4 Å². The molecule has 0 fully saturated rings. The van der Waals surface area contributed by atoms with Gasteiger partial charge in [0.2, 0.25) is 5.78 Å². The fourth-order valence-corrected chi connectivity index (χ4v) is 7.24. The van der Waals surface area contributed by atoms with Crippen molar-refractivity contribution in [3.8, 4) is 5.75 Å². The Morgan fingerprint density at radius 3 is 2.24 bits per heavy atom. The van der Waals surface area contributed by atoms with Crippen molar-refractivity contribution < 1.29 is 34.8 Å². The van der Waals surface area contributed by atoms with Crippen LogP contribution in [0.4, 0.5) is 5.69 Å². The first-order chi connectivity index (χ1) is 19.5. The summed E-state index contributed by atoms with van der Waals surface area (Å²) >= 11 is 0. The van der Waals surface area contributed by atoms with Crippen molar-refractivity contribution in [1.82, 2.24) is 9.80 Å². The molecule has 0 aromatic heterocycles. The van der Waals surface area contributed by atoms with Crippen LogP contribution in [0, 0.1) is 17.8 Å². The molecule has 4 rings (SSSR count). The number of allylic oxidation sites excluding steroid dienone is 1. The van der Waals surface area contributed by atoms with Gasteiger partial charge in [-0.25, -0.2) is 0 Å². The Balaban J connectivity index is 1.92. The van der Waals surface area contributed by atoms with E-state index in [4.69, 9.17) is 5.73 Å². The first-order valence-electron chi connectivity index (χ1n) is 14.4. The van der Waals surface area contributed by atoms with Gasteiger partial charge in [0.25, 0.3) is 5.91 Å². The number of amides is 1. The number of anilines is 1. The summed E-state index contributed by atoms with van der Waals surface area (Å²) in [5.41, 5.74) is 4.07. The third-order valence-corrected chi connectivity index (χ3v) is 9.54. The molecule has 0 spiro atoms. The summed E-state index contributed by atoms with van der Waals surface area (Å²) in [5, 5.41) is 45.5. The van der Waals surface area contributed by atoms with Crippen LogP contribution in [-0.4, -0.2) is 100 Å². The van der Waals surface area contributed by atoms with Crippen LogP contribution in [0.25, 0.3) is 0 Å². The molecule has 1 aromatic carbocycles. The first-order valence-corrected chi connectivity index (χ1v) is 14.4. The SMILES string of the molecule is CCN(Cc1cc(O)c2c(c1N(C)C)C[C@H]1C[C@H]3[C@H](N(C)C)C(O)=C(C(N)=O)C(=O)[C@@]3(O)C(O)=C1C2=O)[C@H](C)C(C)C. The van der Waals surface area contributed by atoms with Crippen molar-refractivity contribution >= 4 is 23.2 Å². The average Bonchev–Trinajstić information content (AvgIpc) is 2.88. The molecule has 0 saturated heterocycles. The molecule has 1 amide bonds. The molecule has 11 nitrogen and oxygen atoms in total. The predicted octanol–water partition coefficient (Wildman–Crippen LogP) is 2.05. The van der Waals surface area contributed by atoms with Crippen LogP contribution in [-0.2, 0) is 22.6 Å². The number of rotatable bonds is 8. The van der Waals surface area contributed by atoms with Crippen molar-refractivity contribution in [2.75, 3.05) is 39.6 Å². The molecule has 230 valence electrons. The van der Waals surface area contributed by atoms with Crippen LogP contribution in [0.15, 0.2) is 28.7 Å². The number of likely N-dealkylation sites (N-methyl/N-ethyl adjacent to an activating group) is 1. The maximum absolute atomic E-state index is 14.1. The van der Waals surface area contributed by atoms with Gasteiger partial charge in [0, 0.05) is 43.9 Å². The number of carbonyl (C=O) groups excluding carboxylic acids is 3. The fraction of sp³-hybridized carbons (Fsp3) is 0.581. The number of Topliss-reactive ketones (excluding diaryl/α,β-unsaturated/α-hetero) is 2. The van der Waals surface area contributed by atoms with Crippen molar-refractivity contribution in [3.05, 3.63) is 45.4 Å².